The number of amides is 2. The quantitative estimate of drug-likeness (QED) is 0.155. The summed E-state index contributed by atoms with van der Waals surface area (Å²) in [4.78, 5) is 60.7. The van der Waals surface area contributed by atoms with E-state index in [9.17, 15) is 24.3 Å². The van der Waals surface area contributed by atoms with E-state index in [1.54, 1.807) is 38.1 Å². The van der Waals surface area contributed by atoms with Crippen LogP contribution in [-0.2, 0) is 14.3 Å². The number of carbonyl (C=O) groups is 4. The second-order valence-corrected chi connectivity index (χ2v) is 13.4. The maximum absolute atomic E-state index is 16.0. The van der Waals surface area contributed by atoms with Crippen LogP contribution in [0.3, 0.4) is 0 Å². The van der Waals surface area contributed by atoms with E-state index < -0.39 is 40.3 Å². The van der Waals surface area contributed by atoms with Crippen molar-refractivity contribution in [3.05, 3.63) is 87.7 Å². The van der Waals surface area contributed by atoms with E-state index in [0.29, 0.717) is 49.4 Å². The molecule has 2 amide bonds. The lowest BCUT2D eigenvalue weighted by Crippen LogP contribution is -2.63. The van der Waals surface area contributed by atoms with Gasteiger partial charge in [-0.2, -0.15) is 0 Å². The van der Waals surface area contributed by atoms with Gasteiger partial charge >= 0.3 is 12.1 Å². The molecule has 3 aromatic rings. The van der Waals surface area contributed by atoms with Crippen molar-refractivity contribution in [2.45, 2.75) is 58.4 Å². The summed E-state index contributed by atoms with van der Waals surface area (Å²) in [5.74, 6) is -2.15. The lowest BCUT2D eigenvalue weighted by Gasteiger charge is -2.34. The number of methoxy groups -OCH3 is 2. The first kappa shape index (κ1) is 39.2. The van der Waals surface area contributed by atoms with Gasteiger partial charge in [0, 0.05) is 44.9 Å². The number of likely N-dealkylation sites (tertiary alicyclic amines) is 1. The molecule has 2 aliphatic heterocycles. The van der Waals surface area contributed by atoms with Crippen molar-refractivity contribution in [3.63, 3.8) is 0 Å². The van der Waals surface area contributed by atoms with Crippen molar-refractivity contribution in [3.8, 4) is 11.5 Å². The molecule has 2 fully saturated rings. The SMILES string of the molecule is COCOc1ccc(N2CCCCC2)c(F)c1C(=O)c1ccc(C(=O)O[N+]2(C(=O)[O-])CCCCC(NC(=O)c3cc(C)c(OCOC)c(C)c3)C2)cc1. The van der Waals surface area contributed by atoms with Crippen molar-refractivity contribution in [2.75, 3.05) is 58.9 Å². The second kappa shape index (κ2) is 17.6. The van der Waals surface area contributed by atoms with E-state index in [2.05, 4.69) is 5.32 Å². The van der Waals surface area contributed by atoms with E-state index in [4.69, 9.17) is 23.8 Å². The zero-order valence-electron chi connectivity index (χ0n) is 30.5. The molecule has 0 radical (unpaired) electrons. The number of nitrogens with zero attached hydrogens (tertiary/aromatic N) is 2. The van der Waals surface area contributed by atoms with Crippen LogP contribution in [0, 0.1) is 19.7 Å². The molecule has 5 rings (SSSR count). The number of hydrogen-bond acceptors (Lipinski definition) is 11. The highest BCUT2D eigenvalue weighted by Gasteiger charge is 2.42. The molecule has 0 aromatic heterocycles. The van der Waals surface area contributed by atoms with E-state index in [-0.39, 0.29) is 49.1 Å². The number of carboxylic acid groups (broad SMARTS) is 1. The molecule has 13 nitrogen and oxygen atoms in total. The predicted molar refractivity (Wildman–Crippen MR) is 189 cm³/mol. The minimum absolute atomic E-state index is 0.0141. The lowest BCUT2D eigenvalue weighted by atomic mass is 9.99. The van der Waals surface area contributed by atoms with E-state index in [1.165, 1.54) is 38.5 Å². The molecule has 0 saturated carbocycles. The van der Waals surface area contributed by atoms with Crippen molar-refractivity contribution < 1.29 is 57.1 Å². The Morgan fingerprint density at radius 2 is 1.49 bits per heavy atom. The Kier molecular flexibility index (Phi) is 13.0. The molecule has 0 aliphatic carbocycles. The molecular formula is C39H46FN3O10. The largest absolute Gasteiger partial charge is 0.495 e. The number of anilines is 1. The zero-order valence-corrected chi connectivity index (χ0v) is 30.5. The summed E-state index contributed by atoms with van der Waals surface area (Å²) < 4.78 is 36.0. The normalized spacial score (nSPS) is 18.8. The Morgan fingerprint density at radius 1 is 0.849 bits per heavy atom. The molecule has 2 heterocycles. The van der Waals surface area contributed by atoms with Crippen LogP contribution in [0.25, 0.3) is 0 Å². The minimum Gasteiger partial charge on any atom is -0.495 e. The number of hydrogen-bond donors (Lipinski definition) is 1. The summed E-state index contributed by atoms with van der Waals surface area (Å²) in [5.41, 5.74) is 1.89. The number of aryl methyl sites for hydroxylation is 2. The fourth-order valence-electron chi connectivity index (χ4n) is 6.89. The van der Waals surface area contributed by atoms with Gasteiger partial charge in [0.25, 0.3) is 5.91 Å². The third-order valence-electron chi connectivity index (χ3n) is 9.53. The Labute approximate surface area is 308 Å². The van der Waals surface area contributed by atoms with Gasteiger partial charge in [-0.3, -0.25) is 14.4 Å². The van der Waals surface area contributed by atoms with Crippen molar-refractivity contribution in [1.82, 2.24) is 5.32 Å². The number of benzene rings is 3. The Balaban J connectivity index is 1.32. The van der Waals surface area contributed by atoms with Gasteiger partial charge in [-0.1, -0.05) is 16.8 Å². The third kappa shape index (κ3) is 9.13. The number of rotatable bonds is 12. The Morgan fingerprint density at radius 3 is 2.13 bits per heavy atom. The summed E-state index contributed by atoms with van der Waals surface area (Å²) in [7, 11) is 2.92. The predicted octanol–water partition coefficient (Wildman–Crippen LogP) is 4.84. The molecule has 2 aliphatic rings. The van der Waals surface area contributed by atoms with E-state index in [1.807, 2.05) is 4.90 Å². The number of halogens is 1. The average Bonchev–Trinajstić information content (AvgIpc) is 3.36. The van der Waals surface area contributed by atoms with Crippen LogP contribution in [0.1, 0.15) is 86.3 Å². The highest BCUT2D eigenvalue weighted by atomic mass is 19.1. The van der Waals surface area contributed by atoms with E-state index >= 15 is 4.39 Å². The number of carbonyl (C=O) groups excluding carboxylic acids is 4. The number of quaternary nitrogens is 1. The van der Waals surface area contributed by atoms with Gasteiger partial charge in [0.1, 0.15) is 30.2 Å². The van der Waals surface area contributed by atoms with Gasteiger partial charge < -0.3 is 39.1 Å². The van der Waals surface area contributed by atoms with Gasteiger partial charge in [-0.05, 0) is 93.5 Å². The number of ketones is 1. The van der Waals surface area contributed by atoms with Crippen LogP contribution in [0.5, 0.6) is 11.5 Å². The van der Waals surface area contributed by atoms with Gasteiger partial charge in [0.15, 0.2) is 25.2 Å². The molecule has 2 atom stereocenters. The zero-order chi connectivity index (χ0) is 38.1. The first-order chi connectivity index (χ1) is 25.5. The van der Waals surface area contributed by atoms with Crippen molar-refractivity contribution in [1.29, 1.82) is 0 Å². The second-order valence-electron chi connectivity index (χ2n) is 13.4. The highest BCUT2D eigenvalue weighted by molar-refractivity contribution is 6.11. The summed E-state index contributed by atoms with van der Waals surface area (Å²) in [6.45, 7) is 4.46. The average molecular weight is 736 g/mol. The van der Waals surface area contributed by atoms with Crippen LogP contribution in [-0.4, -0.2) is 88.4 Å². The lowest BCUT2D eigenvalue weighted by molar-refractivity contribution is -1.04. The van der Waals surface area contributed by atoms with E-state index in [0.717, 1.165) is 30.4 Å². The molecule has 0 bridgehead atoms. The minimum atomic E-state index is -1.63. The highest BCUT2D eigenvalue weighted by Crippen LogP contribution is 2.34. The fourth-order valence-corrected chi connectivity index (χ4v) is 6.89. The van der Waals surface area contributed by atoms with Crippen LogP contribution >= 0.6 is 0 Å². The molecule has 2 unspecified atom stereocenters. The topological polar surface area (TPSA) is 153 Å². The monoisotopic (exact) mass is 735 g/mol. The molecular weight excluding hydrogens is 689 g/mol. The van der Waals surface area contributed by atoms with Crippen molar-refractivity contribution in [2.24, 2.45) is 0 Å². The third-order valence-corrected chi connectivity index (χ3v) is 9.53. The molecule has 0 spiro atoms. The Hall–Kier alpha value is -5.05. The van der Waals surface area contributed by atoms with Crippen LogP contribution < -0.4 is 24.8 Å². The molecule has 284 valence electrons. The number of nitrogens with one attached hydrogen (secondary N) is 1. The van der Waals surface area contributed by atoms with Crippen molar-refractivity contribution >= 4 is 29.4 Å². The molecule has 2 saturated heterocycles. The summed E-state index contributed by atoms with van der Waals surface area (Å²) >= 11 is 0. The molecule has 1 N–H and O–H groups in total. The van der Waals surface area contributed by atoms with Gasteiger partial charge in [-0.15, -0.1) is 0 Å². The summed E-state index contributed by atoms with van der Waals surface area (Å²) in [5, 5.41) is 15.5. The number of hydroxylamine groups is 3. The van der Waals surface area contributed by atoms with Crippen LogP contribution in [0.4, 0.5) is 14.9 Å². The first-order valence-corrected chi connectivity index (χ1v) is 17.7. The maximum Gasteiger partial charge on any atom is 0.398 e. The maximum atomic E-state index is 16.0. The number of piperidine rings is 1. The van der Waals surface area contributed by atoms with Crippen LogP contribution in [0.15, 0.2) is 48.5 Å². The summed E-state index contributed by atoms with van der Waals surface area (Å²) in [6, 6.07) is 11.1. The van der Waals surface area contributed by atoms with Gasteiger partial charge in [0.05, 0.1) is 17.3 Å². The smallest absolute Gasteiger partial charge is 0.398 e. The van der Waals surface area contributed by atoms with Gasteiger partial charge in [0.2, 0.25) is 0 Å². The standard InChI is InChI=1S/C39H46FN3O10/c1-25-20-29(21-26(2)36(25)52-24-50-4)37(45)41-30-10-6-9-19-43(22-30,39(47)48)53-38(46)28-13-11-27(12-14-28)35(44)33-32(51-23-49-3)16-15-31(34(33)40)42-17-7-5-8-18-42/h11-16,20-21,30H,5-10,17-19,22-24H2,1-4H3,(H-,41,45,47,48). The molecule has 53 heavy (non-hydrogen) atoms. The fraction of sp³-hybridized carbons (Fsp3) is 0.436. The summed E-state index contributed by atoms with van der Waals surface area (Å²) in [6.07, 6.45) is 2.65. The van der Waals surface area contributed by atoms with Gasteiger partial charge in [-0.25, -0.2) is 9.18 Å². The van der Waals surface area contributed by atoms with Crippen LogP contribution in [0.2, 0.25) is 0 Å². The molecule has 3 aromatic carbocycles. The first-order valence-electron chi connectivity index (χ1n) is 17.7. The molecule has 14 heteroatoms. The Bertz CT molecular complexity index is 1790. The number of ether oxygens (including phenoxy) is 4.